The zero-order valence-electron chi connectivity index (χ0n) is 12.7. The second kappa shape index (κ2) is 6.92. The molecule has 1 amide bonds. The van der Waals surface area contributed by atoms with Gasteiger partial charge < -0.3 is 14.6 Å². The molecule has 0 unspecified atom stereocenters. The first kappa shape index (κ1) is 15.1. The van der Waals surface area contributed by atoms with Crippen molar-refractivity contribution >= 4 is 5.91 Å². The van der Waals surface area contributed by atoms with E-state index in [-0.39, 0.29) is 12.5 Å². The average molecular weight is 287 g/mol. The fourth-order valence-electron chi connectivity index (χ4n) is 2.15. The quantitative estimate of drug-likeness (QED) is 0.887. The molecule has 0 saturated carbocycles. The van der Waals surface area contributed by atoms with Gasteiger partial charge in [0.25, 0.3) is 0 Å². The molecule has 1 aromatic carbocycles. The van der Waals surface area contributed by atoms with Crippen LogP contribution < -0.4 is 10.1 Å². The Kier molecular flexibility index (Phi) is 4.98. The van der Waals surface area contributed by atoms with E-state index in [1.807, 2.05) is 35.0 Å². The predicted molar refractivity (Wildman–Crippen MR) is 81.2 cm³/mol. The van der Waals surface area contributed by atoms with Gasteiger partial charge in [-0.05, 0) is 17.7 Å². The lowest BCUT2D eigenvalue weighted by Crippen LogP contribution is -2.27. The number of ether oxygens (including phenoxy) is 1. The van der Waals surface area contributed by atoms with Gasteiger partial charge in [-0.3, -0.25) is 4.79 Å². The van der Waals surface area contributed by atoms with E-state index in [2.05, 4.69) is 24.1 Å². The van der Waals surface area contributed by atoms with E-state index in [4.69, 9.17) is 4.74 Å². The van der Waals surface area contributed by atoms with Crippen molar-refractivity contribution in [2.24, 2.45) is 0 Å². The lowest BCUT2D eigenvalue weighted by atomic mass is 10.2. The fourth-order valence-corrected chi connectivity index (χ4v) is 2.15. The van der Waals surface area contributed by atoms with E-state index in [0.717, 1.165) is 17.1 Å². The number of carbonyl (C=O) groups is 1. The number of carbonyl (C=O) groups excluding carboxylic acids is 1. The van der Waals surface area contributed by atoms with Gasteiger partial charge in [0.15, 0.2) is 0 Å². The molecule has 0 aliphatic carbocycles. The Balaban J connectivity index is 1.91. The molecule has 2 rings (SSSR count). The summed E-state index contributed by atoms with van der Waals surface area (Å²) >= 11 is 0. The van der Waals surface area contributed by atoms with E-state index < -0.39 is 0 Å². The highest BCUT2D eigenvalue weighted by molar-refractivity contribution is 5.75. The molecule has 0 fully saturated rings. The van der Waals surface area contributed by atoms with Gasteiger partial charge in [-0.2, -0.15) is 0 Å². The van der Waals surface area contributed by atoms with Crippen LogP contribution in [0.4, 0.5) is 0 Å². The summed E-state index contributed by atoms with van der Waals surface area (Å²) in [6, 6.07) is 7.66. The van der Waals surface area contributed by atoms with Gasteiger partial charge in [-0.15, -0.1) is 0 Å². The Labute approximate surface area is 125 Å². The predicted octanol–water partition coefficient (Wildman–Crippen LogP) is 2.33. The zero-order chi connectivity index (χ0) is 15.2. The number of amides is 1. The number of methoxy groups -OCH3 is 1. The lowest BCUT2D eigenvalue weighted by molar-refractivity contribution is -0.121. The van der Waals surface area contributed by atoms with E-state index in [9.17, 15) is 4.79 Å². The summed E-state index contributed by atoms with van der Waals surface area (Å²) in [7, 11) is 1.63. The van der Waals surface area contributed by atoms with Crippen LogP contribution in [0, 0.1) is 0 Å². The number of rotatable bonds is 6. The molecule has 1 aromatic heterocycles. The van der Waals surface area contributed by atoms with E-state index in [0.29, 0.717) is 12.5 Å². The minimum atomic E-state index is -0.0299. The monoisotopic (exact) mass is 287 g/mol. The van der Waals surface area contributed by atoms with Crippen LogP contribution in [0.15, 0.2) is 36.7 Å². The molecule has 21 heavy (non-hydrogen) atoms. The summed E-state index contributed by atoms with van der Waals surface area (Å²) in [6.07, 6.45) is 3.56. The average Bonchev–Trinajstić information content (AvgIpc) is 2.93. The Morgan fingerprint density at radius 3 is 2.95 bits per heavy atom. The van der Waals surface area contributed by atoms with Gasteiger partial charge in [-0.25, -0.2) is 4.98 Å². The third-order valence-corrected chi connectivity index (χ3v) is 3.20. The molecular formula is C16H21N3O2. The summed E-state index contributed by atoms with van der Waals surface area (Å²) in [5, 5.41) is 2.91. The second-order valence-electron chi connectivity index (χ2n) is 5.20. The summed E-state index contributed by atoms with van der Waals surface area (Å²) in [5.74, 6) is 1.98. The zero-order valence-corrected chi connectivity index (χ0v) is 12.7. The molecule has 1 N–H and O–H groups in total. The van der Waals surface area contributed by atoms with Crippen molar-refractivity contribution in [1.29, 1.82) is 0 Å². The molecule has 0 aliphatic rings. The third kappa shape index (κ3) is 4.08. The van der Waals surface area contributed by atoms with Crippen LogP contribution in [0.3, 0.4) is 0 Å². The molecule has 2 aromatic rings. The summed E-state index contributed by atoms with van der Waals surface area (Å²) in [5.41, 5.74) is 1.01. The lowest BCUT2D eigenvalue weighted by Gasteiger charge is -2.11. The number of nitrogens with zero attached hydrogens (tertiary/aromatic N) is 2. The SMILES string of the molecule is COc1cccc(CNC(=O)Cn2ccnc2C(C)C)c1. The van der Waals surface area contributed by atoms with Crippen LogP contribution in [-0.4, -0.2) is 22.6 Å². The van der Waals surface area contributed by atoms with Crippen LogP contribution in [0.5, 0.6) is 5.75 Å². The summed E-state index contributed by atoms with van der Waals surface area (Å²) in [4.78, 5) is 16.3. The molecule has 0 atom stereocenters. The van der Waals surface area contributed by atoms with Crippen LogP contribution in [0.25, 0.3) is 0 Å². The Morgan fingerprint density at radius 2 is 2.24 bits per heavy atom. The van der Waals surface area contributed by atoms with Crippen molar-refractivity contribution in [2.75, 3.05) is 7.11 Å². The standard InChI is InChI=1S/C16H21N3O2/c1-12(2)16-17-7-8-19(16)11-15(20)18-10-13-5-4-6-14(9-13)21-3/h4-9,12H,10-11H2,1-3H3,(H,18,20). The van der Waals surface area contributed by atoms with Crippen LogP contribution in [-0.2, 0) is 17.9 Å². The maximum absolute atomic E-state index is 12.0. The number of hydrogen-bond acceptors (Lipinski definition) is 3. The molecular weight excluding hydrogens is 266 g/mol. The summed E-state index contributed by atoms with van der Waals surface area (Å²) in [6.45, 7) is 4.90. The van der Waals surface area contributed by atoms with Gasteiger partial charge in [0, 0.05) is 24.9 Å². The number of aromatic nitrogens is 2. The first-order valence-electron chi connectivity index (χ1n) is 7.01. The van der Waals surface area contributed by atoms with Crippen LogP contribution in [0.1, 0.15) is 31.2 Å². The molecule has 0 bridgehead atoms. The Bertz CT molecular complexity index is 605. The number of benzene rings is 1. The molecule has 5 nitrogen and oxygen atoms in total. The van der Waals surface area contributed by atoms with Crippen LogP contribution >= 0.6 is 0 Å². The summed E-state index contributed by atoms with van der Waals surface area (Å²) < 4.78 is 7.04. The Hall–Kier alpha value is -2.30. The number of hydrogen-bond donors (Lipinski definition) is 1. The molecule has 5 heteroatoms. The van der Waals surface area contributed by atoms with Crippen molar-refractivity contribution in [3.05, 3.63) is 48.0 Å². The van der Waals surface area contributed by atoms with Crippen molar-refractivity contribution in [2.45, 2.75) is 32.9 Å². The third-order valence-electron chi connectivity index (χ3n) is 3.20. The maximum atomic E-state index is 12.0. The van der Waals surface area contributed by atoms with Crippen LogP contribution in [0.2, 0.25) is 0 Å². The van der Waals surface area contributed by atoms with Crippen molar-refractivity contribution in [3.8, 4) is 5.75 Å². The first-order valence-corrected chi connectivity index (χ1v) is 7.01. The normalized spacial score (nSPS) is 10.7. The molecule has 0 aliphatic heterocycles. The van der Waals surface area contributed by atoms with Gasteiger partial charge in [0.1, 0.15) is 18.1 Å². The van der Waals surface area contributed by atoms with E-state index in [1.54, 1.807) is 13.3 Å². The van der Waals surface area contributed by atoms with Crippen molar-refractivity contribution in [3.63, 3.8) is 0 Å². The molecule has 0 radical (unpaired) electrons. The number of imidazole rings is 1. The minimum Gasteiger partial charge on any atom is -0.497 e. The fraction of sp³-hybridized carbons (Fsp3) is 0.375. The minimum absolute atomic E-state index is 0.0299. The van der Waals surface area contributed by atoms with Gasteiger partial charge in [0.05, 0.1) is 7.11 Å². The highest BCUT2D eigenvalue weighted by Gasteiger charge is 2.10. The molecule has 112 valence electrons. The first-order chi connectivity index (χ1) is 10.1. The highest BCUT2D eigenvalue weighted by Crippen LogP contribution is 2.13. The van der Waals surface area contributed by atoms with Gasteiger partial charge in [0.2, 0.25) is 5.91 Å². The second-order valence-corrected chi connectivity index (χ2v) is 5.20. The smallest absolute Gasteiger partial charge is 0.240 e. The molecule has 0 saturated heterocycles. The topological polar surface area (TPSA) is 56.1 Å². The Morgan fingerprint density at radius 1 is 1.43 bits per heavy atom. The molecule has 1 heterocycles. The molecule has 0 spiro atoms. The van der Waals surface area contributed by atoms with Crippen molar-refractivity contribution in [1.82, 2.24) is 14.9 Å². The highest BCUT2D eigenvalue weighted by atomic mass is 16.5. The van der Waals surface area contributed by atoms with E-state index >= 15 is 0 Å². The van der Waals surface area contributed by atoms with Gasteiger partial charge in [-0.1, -0.05) is 26.0 Å². The number of nitrogens with one attached hydrogen (secondary N) is 1. The largest absolute Gasteiger partial charge is 0.497 e. The van der Waals surface area contributed by atoms with Crippen molar-refractivity contribution < 1.29 is 9.53 Å². The van der Waals surface area contributed by atoms with Gasteiger partial charge >= 0.3 is 0 Å². The van der Waals surface area contributed by atoms with E-state index in [1.165, 1.54) is 0 Å². The maximum Gasteiger partial charge on any atom is 0.240 e.